The molecule has 2 rings (SSSR count). The topological polar surface area (TPSA) is 83.6 Å². The van der Waals surface area contributed by atoms with Gasteiger partial charge in [-0.1, -0.05) is 19.1 Å². The molecular weight excluding hydrogens is 244 g/mol. The second-order valence-electron chi connectivity index (χ2n) is 5.10. The van der Waals surface area contributed by atoms with Gasteiger partial charge in [0.25, 0.3) is 0 Å². The van der Waals surface area contributed by atoms with Gasteiger partial charge in [0.1, 0.15) is 0 Å². The molecule has 0 radical (unpaired) electrons. The molecule has 1 amide bonds. The number of carbonyl (C=O) groups excluding carboxylic acids is 1. The molecule has 2 atom stereocenters. The van der Waals surface area contributed by atoms with Gasteiger partial charge in [0.2, 0.25) is 5.91 Å². The Kier molecular flexibility index (Phi) is 3.57. The molecule has 0 spiro atoms. The minimum atomic E-state index is -0.841. The highest BCUT2D eigenvalue weighted by Gasteiger charge is 2.25. The number of amides is 1. The van der Waals surface area contributed by atoms with E-state index in [0.717, 1.165) is 16.8 Å². The van der Waals surface area contributed by atoms with E-state index in [1.165, 1.54) is 0 Å². The van der Waals surface area contributed by atoms with Crippen molar-refractivity contribution in [2.45, 2.75) is 25.8 Å². The third kappa shape index (κ3) is 2.61. The Hall–Kier alpha value is -1.88. The zero-order valence-corrected chi connectivity index (χ0v) is 11.1. The average Bonchev–Trinajstić information content (AvgIpc) is 2.64. The molecule has 0 saturated carbocycles. The quantitative estimate of drug-likeness (QED) is 0.857. The van der Waals surface area contributed by atoms with Gasteiger partial charge >= 0.3 is 5.97 Å². The van der Waals surface area contributed by atoms with Crippen LogP contribution in [-0.4, -0.2) is 24.0 Å². The van der Waals surface area contributed by atoms with Gasteiger partial charge in [0, 0.05) is 18.8 Å². The second kappa shape index (κ2) is 5.01. The predicted octanol–water partition coefficient (Wildman–Crippen LogP) is 1.32. The van der Waals surface area contributed by atoms with Crippen LogP contribution in [0.25, 0.3) is 0 Å². The Morgan fingerprint density at radius 2 is 2.21 bits per heavy atom. The lowest BCUT2D eigenvalue weighted by Gasteiger charge is -2.16. The first-order valence-electron chi connectivity index (χ1n) is 6.28. The molecule has 0 aromatic heterocycles. The van der Waals surface area contributed by atoms with Gasteiger partial charge < -0.3 is 15.7 Å². The van der Waals surface area contributed by atoms with Crippen LogP contribution in [0.4, 0.5) is 5.69 Å². The van der Waals surface area contributed by atoms with Gasteiger partial charge in [-0.3, -0.25) is 9.59 Å². The van der Waals surface area contributed by atoms with Gasteiger partial charge in [0.05, 0.1) is 12.3 Å². The summed E-state index contributed by atoms with van der Waals surface area (Å²) in [6.45, 7) is 1.65. The Labute approximate surface area is 112 Å². The monoisotopic (exact) mass is 262 g/mol. The van der Waals surface area contributed by atoms with Gasteiger partial charge in [-0.2, -0.15) is 0 Å². The van der Waals surface area contributed by atoms with Crippen molar-refractivity contribution in [2.75, 3.05) is 11.9 Å². The van der Waals surface area contributed by atoms with Crippen molar-refractivity contribution in [1.29, 1.82) is 0 Å². The molecule has 0 aliphatic carbocycles. The van der Waals surface area contributed by atoms with Crippen LogP contribution in [0.15, 0.2) is 18.2 Å². The van der Waals surface area contributed by atoms with Crippen LogP contribution < -0.4 is 10.6 Å². The molecule has 1 aromatic rings. The molecule has 1 aliphatic rings. The maximum Gasteiger partial charge on any atom is 0.306 e. The number of carbonyl (C=O) groups is 2. The summed E-state index contributed by atoms with van der Waals surface area (Å²) in [5.41, 5.74) is 8.79. The molecule has 19 heavy (non-hydrogen) atoms. The van der Waals surface area contributed by atoms with E-state index in [0.29, 0.717) is 12.8 Å². The number of likely N-dealkylation sites (N-methyl/N-ethyl adjacent to an activating group) is 1. The Morgan fingerprint density at radius 3 is 2.84 bits per heavy atom. The first-order chi connectivity index (χ1) is 8.90. The molecule has 1 aliphatic heterocycles. The minimum absolute atomic E-state index is 0.0691. The lowest BCUT2D eigenvalue weighted by molar-refractivity contribution is -0.141. The Bertz CT molecular complexity index is 527. The lowest BCUT2D eigenvalue weighted by Crippen LogP contribution is -2.20. The van der Waals surface area contributed by atoms with E-state index in [9.17, 15) is 9.59 Å². The largest absolute Gasteiger partial charge is 0.481 e. The van der Waals surface area contributed by atoms with Gasteiger partial charge in [-0.15, -0.1) is 0 Å². The zero-order chi connectivity index (χ0) is 14.2. The van der Waals surface area contributed by atoms with Crippen molar-refractivity contribution < 1.29 is 14.7 Å². The first-order valence-corrected chi connectivity index (χ1v) is 6.28. The summed E-state index contributed by atoms with van der Waals surface area (Å²) in [6, 6.07) is 5.33. The molecule has 0 saturated heterocycles. The number of hydrogen-bond donors (Lipinski definition) is 2. The molecule has 1 heterocycles. The molecule has 0 bridgehead atoms. The zero-order valence-electron chi connectivity index (χ0n) is 11.1. The third-order valence-electron chi connectivity index (χ3n) is 3.64. The van der Waals surface area contributed by atoms with Crippen molar-refractivity contribution >= 4 is 17.6 Å². The van der Waals surface area contributed by atoms with E-state index in [-0.39, 0.29) is 11.9 Å². The average molecular weight is 262 g/mol. The van der Waals surface area contributed by atoms with E-state index in [4.69, 9.17) is 10.8 Å². The van der Waals surface area contributed by atoms with E-state index >= 15 is 0 Å². The molecule has 102 valence electrons. The van der Waals surface area contributed by atoms with Crippen molar-refractivity contribution in [1.82, 2.24) is 0 Å². The van der Waals surface area contributed by atoms with Crippen LogP contribution in [0.2, 0.25) is 0 Å². The summed E-state index contributed by atoms with van der Waals surface area (Å²) >= 11 is 0. The summed E-state index contributed by atoms with van der Waals surface area (Å²) in [5, 5.41) is 8.90. The number of anilines is 1. The fourth-order valence-corrected chi connectivity index (χ4v) is 2.34. The minimum Gasteiger partial charge on any atom is -0.481 e. The molecule has 1 aromatic carbocycles. The van der Waals surface area contributed by atoms with Crippen LogP contribution >= 0.6 is 0 Å². The number of rotatable bonds is 4. The van der Waals surface area contributed by atoms with Crippen LogP contribution in [0, 0.1) is 5.92 Å². The highest BCUT2D eigenvalue weighted by atomic mass is 16.4. The van der Waals surface area contributed by atoms with Crippen molar-refractivity contribution in [3.8, 4) is 0 Å². The highest BCUT2D eigenvalue weighted by Crippen LogP contribution is 2.31. The van der Waals surface area contributed by atoms with Crippen molar-refractivity contribution in [3.63, 3.8) is 0 Å². The number of carboxylic acid groups (broad SMARTS) is 1. The summed E-state index contributed by atoms with van der Waals surface area (Å²) in [7, 11) is 1.75. The molecule has 5 nitrogen and oxygen atoms in total. The molecule has 0 fully saturated rings. The molecule has 2 unspecified atom stereocenters. The molecule has 3 N–H and O–H groups in total. The number of benzene rings is 1. The van der Waals surface area contributed by atoms with E-state index in [1.54, 1.807) is 18.9 Å². The first kappa shape index (κ1) is 13.5. The maximum absolute atomic E-state index is 11.6. The Morgan fingerprint density at radius 1 is 1.53 bits per heavy atom. The van der Waals surface area contributed by atoms with Crippen LogP contribution in [0.3, 0.4) is 0 Å². The number of aliphatic carboxylic acids is 1. The standard InChI is InChI=1S/C14H18N2O3/c1-8(14(18)19)5-11(15)9-3-4-12-10(6-9)7-13(17)16(12)2/h3-4,6,8,11H,5,7,15H2,1-2H3,(H,18,19). The van der Waals surface area contributed by atoms with Crippen LogP contribution in [0.5, 0.6) is 0 Å². The number of fused-ring (bicyclic) bond motifs is 1. The van der Waals surface area contributed by atoms with Crippen LogP contribution in [0.1, 0.15) is 30.5 Å². The van der Waals surface area contributed by atoms with E-state index < -0.39 is 11.9 Å². The fourth-order valence-electron chi connectivity index (χ4n) is 2.34. The predicted molar refractivity (Wildman–Crippen MR) is 71.9 cm³/mol. The third-order valence-corrected chi connectivity index (χ3v) is 3.64. The smallest absolute Gasteiger partial charge is 0.306 e. The summed E-state index contributed by atoms with van der Waals surface area (Å²) < 4.78 is 0. The normalized spacial score (nSPS) is 17.2. The lowest BCUT2D eigenvalue weighted by atomic mass is 9.95. The number of hydrogen-bond acceptors (Lipinski definition) is 3. The second-order valence-corrected chi connectivity index (χ2v) is 5.10. The Balaban J connectivity index is 2.17. The highest BCUT2D eigenvalue weighted by molar-refractivity contribution is 6.00. The van der Waals surface area contributed by atoms with Gasteiger partial charge in [0.15, 0.2) is 0 Å². The van der Waals surface area contributed by atoms with E-state index in [2.05, 4.69) is 0 Å². The van der Waals surface area contributed by atoms with Crippen molar-refractivity contribution in [3.05, 3.63) is 29.3 Å². The fraction of sp³-hybridized carbons (Fsp3) is 0.429. The number of nitrogens with two attached hydrogens (primary N) is 1. The van der Waals surface area contributed by atoms with Crippen molar-refractivity contribution in [2.24, 2.45) is 11.7 Å². The number of carboxylic acids is 1. The molecular formula is C14H18N2O3. The molecule has 5 heteroatoms. The summed E-state index contributed by atoms with van der Waals surface area (Å²) in [6.07, 6.45) is 0.777. The maximum atomic E-state index is 11.6. The van der Waals surface area contributed by atoms with Crippen LogP contribution in [-0.2, 0) is 16.0 Å². The van der Waals surface area contributed by atoms with E-state index in [1.807, 2.05) is 18.2 Å². The SMILES string of the molecule is CC(CC(N)c1ccc2c(c1)CC(=O)N2C)C(=O)O. The summed E-state index contributed by atoms with van der Waals surface area (Å²) in [4.78, 5) is 24.1. The van der Waals surface area contributed by atoms with Gasteiger partial charge in [-0.05, 0) is 23.6 Å². The number of nitrogens with zero attached hydrogens (tertiary/aromatic N) is 1. The summed E-state index contributed by atoms with van der Waals surface area (Å²) in [5.74, 6) is -1.25. The van der Waals surface area contributed by atoms with Gasteiger partial charge in [-0.25, -0.2) is 0 Å².